The van der Waals surface area contributed by atoms with E-state index >= 15 is 0 Å². The second-order valence-corrected chi connectivity index (χ2v) is 5.43. The van der Waals surface area contributed by atoms with Crippen molar-refractivity contribution in [2.24, 2.45) is 0 Å². The second-order valence-electron chi connectivity index (χ2n) is 3.76. The molecule has 0 aliphatic carbocycles. The average Bonchev–Trinajstić information content (AvgIpc) is 2.18. The van der Waals surface area contributed by atoms with Crippen LogP contribution in [0.3, 0.4) is 0 Å². The summed E-state index contributed by atoms with van der Waals surface area (Å²) in [5, 5.41) is 10.1. The molecule has 0 aromatic rings. The molecule has 0 atom stereocenters. The van der Waals surface area contributed by atoms with Gasteiger partial charge in [-0.15, -0.1) is 0 Å². The first kappa shape index (κ1) is 12.9. The van der Waals surface area contributed by atoms with Crippen molar-refractivity contribution in [2.75, 3.05) is 25.4 Å². The van der Waals surface area contributed by atoms with Crippen LogP contribution in [0.4, 0.5) is 0 Å². The lowest BCUT2D eigenvalue weighted by atomic mass is 10.2. The zero-order valence-corrected chi connectivity index (χ0v) is 9.71. The lowest BCUT2D eigenvalue weighted by Gasteiger charge is -2.24. The molecule has 0 aromatic heterocycles. The third-order valence-electron chi connectivity index (χ3n) is 2.34. The van der Waals surface area contributed by atoms with Crippen LogP contribution in [0.1, 0.15) is 32.1 Å². The molecule has 0 unspecified atom stereocenters. The number of hydroxylamine groups is 2. The standard InChI is InChI=1S/C9H19NO4S/c11-8-4-5-9-15(12,13)14-10-6-2-1-3-7-10/h11H,1-9H2. The molecule has 0 spiro atoms. The summed E-state index contributed by atoms with van der Waals surface area (Å²) in [6.07, 6.45) is 4.08. The smallest absolute Gasteiger partial charge is 0.283 e. The van der Waals surface area contributed by atoms with Crippen LogP contribution in [-0.2, 0) is 14.4 Å². The molecule has 1 N–H and O–H groups in total. The monoisotopic (exact) mass is 237 g/mol. The molecule has 1 rings (SSSR count). The van der Waals surface area contributed by atoms with Gasteiger partial charge in [-0.1, -0.05) is 6.42 Å². The van der Waals surface area contributed by atoms with Crippen LogP contribution in [0.2, 0.25) is 0 Å². The molecule has 1 aliphatic rings. The summed E-state index contributed by atoms with van der Waals surface area (Å²) in [5.74, 6) is -0.00986. The van der Waals surface area contributed by atoms with Crippen LogP contribution in [0.5, 0.6) is 0 Å². The summed E-state index contributed by atoms with van der Waals surface area (Å²) in [5.41, 5.74) is 0. The Bertz CT molecular complexity index is 259. The maximum Gasteiger partial charge on any atom is 0.283 e. The highest BCUT2D eigenvalue weighted by molar-refractivity contribution is 7.86. The zero-order valence-electron chi connectivity index (χ0n) is 8.89. The van der Waals surface area contributed by atoms with Gasteiger partial charge in [0.2, 0.25) is 0 Å². The van der Waals surface area contributed by atoms with Crippen molar-refractivity contribution in [1.82, 2.24) is 5.06 Å². The number of aliphatic hydroxyl groups is 1. The first-order valence-corrected chi connectivity index (χ1v) is 7.00. The van der Waals surface area contributed by atoms with E-state index in [2.05, 4.69) is 0 Å². The molecule has 15 heavy (non-hydrogen) atoms. The molecular weight excluding hydrogens is 218 g/mol. The Kier molecular flexibility index (Phi) is 5.52. The van der Waals surface area contributed by atoms with Gasteiger partial charge in [-0.25, -0.2) is 0 Å². The summed E-state index contributed by atoms with van der Waals surface area (Å²) in [7, 11) is -3.44. The number of hydrogen-bond acceptors (Lipinski definition) is 5. The highest BCUT2D eigenvalue weighted by atomic mass is 32.2. The Morgan fingerprint density at radius 2 is 1.80 bits per heavy atom. The summed E-state index contributed by atoms with van der Waals surface area (Å²) in [6.45, 7) is 1.41. The Labute approximate surface area is 91.1 Å². The van der Waals surface area contributed by atoms with Gasteiger partial charge in [0, 0.05) is 19.7 Å². The van der Waals surface area contributed by atoms with E-state index in [4.69, 9.17) is 9.39 Å². The van der Waals surface area contributed by atoms with Crippen molar-refractivity contribution in [3.05, 3.63) is 0 Å². The Morgan fingerprint density at radius 1 is 1.13 bits per heavy atom. The summed E-state index contributed by atoms with van der Waals surface area (Å²) in [6, 6.07) is 0. The van der Waals surface area contributed by atoms with Gasteiger partial charge in [0.25, 0.3) is 10.1 Å². The number of aliphatic hydroxyl groups excluding tert-OH is 1. The first-order chi connectivity index (χ1) is 7.14. The molecule has 5 nitrogen and oxygen atoms in total. The van der Waals surface area contributed by atoms with Gasteiger partial charge in [-0.05, 0) is 25.7 Å². The van der Waals surface area contributed by atoms with E-state index in [-0.39, 0.29) is 12.4 Å². The van der Waals surface area contributed by atoms with Crippen molar-refractivity contribution in [3.63, 3.8) is 0 Å². The number of piperidine rings is 1. The van der Waals surface area contributed by atoms with Crippen LogP contribution in [-0.4, -0.2) is 44.0 Å². The molecule has 1 aliphatic heterocycles. The number of hydrogen-bond donors (Lipinski definition) is 1. The number of nitrogens with zero attached hydrogens (tertiary/aromatic N) is 1. The Hall–Kier alpha value is -0.170. The fourth-order valence-electron chi connectivity index (χ4n) is 1.53. The maximum atomic E-state index is 11.4. The zero-order chi connectivity index (χ0) is 11.1. The van der Waals surface area contributed by atoms with E-state index in [1.807, 2.05) is 0 Å². The highest BCUT2D eigenvalue weighted by Crippen LogP contribution is 2.11. The molecule has 1 heterocycles. The predicted octanol–water partition coefficient (Wildman–Crippen LogP) is 0.506. The SMILES string of the molecule is O=S(=O)(CCCCO)ON1CCCCC1. The lowest BCUT2D eigenvalue weighted by molar-refractivity contribution is -0.0653. The minimum atomic E-state index is -3.44. The molecule has 0 bridgehead atoms. The fraction of sp³-hybridized carbons (Fsp3) is 1.00. The van der Waals surface area contributed by atoms with E-state index in [1.165, 1.54) is 5.06 Å². The topological polar surface area (TPSA) is 66.8 Å². The van der Waals surface area contributed by atoms with Gasteiger partial charge in [0.05, 0.1) is 5.75 Å². The lowest BCUT2D eigenvalue weighted by Crippen LogP contribution is -2.33. The van der Waals surface area contributed by atoms with E-state index in [0.29, 0.717) is 25.9 Å². The molecule has 0 aromatic carbocycles. The molecule has 0 amide bonds. The molecule has 90 valence electrons. The van der Waals surface area contributed by atoms with E-state index < -0.39 is 10.1 Å². The van der Waals surface area contributed by atoms with Crippen molar-refractivity contribution in [2.45, 2.75) is 32.1 Å². The first-order valence-electron chi connectivity index (χ1n) is 5.42. The third kappa shape index (κ3) is 5.46. The molecule has 1 fully saturated rings. The molecule has 6 heteroatoms. The van der Waals surface area contributed by atoms with Crippen molar-refractivity contribution in [1.29, 1.82) is 0 Å². The van der Waals surface area contributed by atoms with Crippen molar-refractivity contribution >= 4 is 10.1 Å². The maximum absolute atomic E-state index is 11.4. The van der Waals surface area contributed by atoms with Gasteiger partial charge in [0.15, 0.2) is 0 Å². The van der Waals surface area contributed by atoms with Crippen LogP contribution in [0.25, 0.3) is 0 Å². The van der Waals surface area contributed by atoms with Crippen molar-refractivity contribution in [3.8, 4) is 0 Å². The van der Waals surface area contributed by atoms with Gasteiger partial charge in [-0.2, -0.15) is 17.8 Å². The predicted molar refractivity (Wildman–Crippen MR) is 56.6 cm³/mol. The second kappa shape index (κ2) is 6.42. The van der Waals surface area contributed by atoms with E-state index in [9.17, 15) is 8.42 Å². The Balaban J connectivity index is 2.27. The molecule has 0 radical (unpaired) electrons. The van der Waals surface area contributed by atoms with Crippen molar-refractivity contribution < 1.29 is 17.8 Å². The fourth-order valence-corrected chi connectivity index (χ4v) is 2.63. The minimum absolute atomic E-state index is 0.00986. The van der Waals surface area contributed by atoms with Gasteiger partial charge >= 0.3 is 0 Å². The van der Waals surface area contributed by atoms with Gasteiger partial charge in [0.1, 0.15) is 0 Å². The third-order valence-corrected chi connectivity index (χ3v) is 3.56. The van der Waals surface area contributed by atoms with Crippen LogP contribution >= 0.6 is 0 Å². The largest absolute Gasteiger partial charge is 0.396 e. The van der Waals surface area contributed by atoms with Crippen LogP contribution < -0.4 is 0 Å². The van der Waals surface area contributed by atoms with Crippen LogP contribution in [0.15, 0.2) is 0 Å². The summed E-state index contributed by atoms with van der Waals surface area (Å²) >= 11 is 0. The minimum Gasteiger partial charge on any atom is -0.396 e. The highest BCUT2D eigenvalue weighted by Gasteiger charge is 2.19. The van der Waals surface area contributed by atoms with Crippen LogP contribution in [0, 0.1) is 0 Å². The normalized spacial score (nSPS) is 19.3. The Morgan fingerprint density at radius 3 is 2.40 bits per heavy atom. The quantitative estimate of drug-likeness (QED) is 0.682. The summed E-state index contributed by atoms with van der Waals surface area (Å²) in [4.78, 5) is 0. The molecular formula is C9H19NO4S. The summed E-state index contributed by atoms with van der Waals surface area (Å²) < 4.78 is 27.8. The van der Waals surface area contributed by atoms with E-state index in [1.54, 1.807) is 0 Å². The van der Waals surface area contributed by atoms with E-state index in [0.717, 1.165) is 19.3 Å². The number of unbranched alkanes of at least 4 members (excludes halogenated alkanes) is 1. The van der Waals surface area contributed by atoms with Gasteiger partial charge < -0.3 is 5.11 Å². The average molecular weight is 237 g/mol. The molecule has 0 saturated carbocycles. The number of rotatable bonds is 6. The van der Waals surface area contributed by atoms with Gasteiger partial charge in [-0.3, -0.25) is 0 Å². The molecule has 1 saturated heterocycles.